The van der Waals surface area contributed by atoms with Crippen molar-refractivity contribution in [2.45, 2.75) is 16.9 Å². The molecule has 1 saturated carbocycles. The fourth-order valence-electron chi connectivity index (χ4n) is 1.51. The van der Waals surface area contributed by atoms with Crippen molar-refractivity contribution in [3.8, 4) is 0 Å². The topological polar surface area (TPSA) is 143 Å². The molecule has 0 aromatic carbocycles. The SMILES string of the molecule is O=C(O)CS(=O)(=O)C1(S(=O)(=O)CC(=O)O)CC1. The summed E-state index contributed by atoms with van der Waals surface area (Å²) in [4.78, 5) is 20.7. The molecule has 0 aliphatic heterocycles. The van der Waals surface area contributed by atoms with Gasteiger partial charge in [-0.3, -0.25) is 9.59 Å². The minimum atomic E-state index is -4.40. The van der Waals surface area contributed by atoms with Gasteiger partial charge >= 0.3 is 11.9 Å². The summed E-state index contributed by atoms with van der Waals surface area (Å²) in [6.07, 6.45) is -0.504. The molecule has 17 heavy (non-hydrogen) atoms. The van der Waals surface area contributed by atoms with E-state index in [2.05, 4.69) is 0 Å². The Balaban J connectivity index is 3.13. The van der Waals surface area contributed by atoms with E-state index in [1.165, 1.54) is 0 Å². The second-order valence-corrected chi connectivity index (χ2v) is 8.57. The maximum absolute atomic E-state index is 11.6. The van der Waals surface area contributed by atoms with Crippen LogP contribution in [0.1, 0.15) is 12.8 Å². The van der Waals surface area contributed by atoms with Gasteiger partial charge in [0, 0.05) is 0 Å². The van der Waals surface area contributed by atoms with E-state index in [0.717, 1.165) is 0 Å². The van der Waals surface area contributed by atoms with Gasteiger partial charge in [0.05, 0.1) is 0 Å². The van der Waals surface area contributed by atoms with Gasteiger partial charge in [-0.05, 0) is 12.8 Å². The summed E-state index contributed by atoms with van der Waals surface area (Å²) < 4.78 is 44.2. The van der Waals surface area contributed by atoms with Crippen molar-refractivity contribution in [1.29, 1.82) is 0 Å². The molecule has 0 radical (unpaired) electrons. The maximum atomic E-state index is 11.6. The number of aliphatic carboxylic acids is 2. The predicted molar refractivity (Wildman–Crippen MR) is 54.8 cm³/mol. The van der Waals surface area contributed by atoms with Crippen LogP contribution in [0.3, 0.4) is 0 Å². The van der Waals surface area contributed by atoms with Crippen molar-refractivity contribution < 1.29 is 36.6 Å². The molecule has 98 valence electrons. The van der Waals surface area contributed by atoms with Gasteiger partial charge in [0.1, 0.15) is 11.5 Å². The lowest BCUT2D eigenvalue weighted by Gasteiger charge is -2.14. The van der Waals surface area contributed by atoms with Gasteiger partial charge in [-0.2, -0.15) is 0 Å². The third-order valence-electron chi connectivity index (χ3n) is 2.42. The minimum Gasteiger partial charge on any atom is -0.480 e. The quantitative estimate of drug-likeness (QED) is 0.599. The van der Waals surface area contributed by atoms with Gasteiger partial charge in [-0.1, -0.05) is 0 Å². The Morgan fingerprint density at radius 2 is 1.18 bits per heavy atom. The van der Waals surface area contributed by atoms with Gasteiger partial charge in [0.2, 0.25) is 0 Å². The van der Waals surface area contributed by atoms with Crippen LogP contribution in [-0.4, -0.2) is 54.6 Å². The number of carboxylic acid groups (broad SMARTS) is 2. The lowest BCUT2D eigenvalue weighted by molar-refractivity contribution is -0.135. The van der Waals surface area contributed by atoms with E-state index >= 15 is 0 Å². The number of hydrogen-bond donors (Lipinski definition) is 2. The Kier molecular flexibility index (Phi) is 3.23. The fourth-order valence-corrected chi connectivity index (χ4v) is 6.03. The number of rotatable bonds is 6. The molecule has 0 saturated heterocycles. The molecule has 1 rings (SSSR count). The van der Waals surface area contributed by atoms with Crippen LogP contribution < -0.4 is 0 Å². The summed E-state index contributed by atoms with van der Waals surface area (Å²) in [7, 11) is -8.80. The highest BCUT2D eigenvalue weighted by Gasteiger charge is 2.64. The van der Waals surface area contributed by atoms with E-state index in [4.69, 9.17) is 10.2 Å². The molecule has 0 spiro atoms. The first kappa shape index (κ1) is 13.9. The first-order valence-electron chi connectivity index (χ1n) is 4.42. The van der Waals surface area contributed by atoms with Crippen molar-refractivity contribution in [3.05, 3.63) is 0 Å². The zero-order chi connectivity index (χ0) is 13.5. The average Bonchev–Trinajstić information content (AvgIpc) is 2.76. The molecule has 2 N–H and O–H groups in total. The molecular weight excluding hydrogens is 276 g/mol. The molecule has 0 aromatic heterocycles. The summed E-state index contributed by atoms with van der Waals surface area (Å²) in [6.45, 7) is 0. The lowest BCUT2D eigenvalue weighted by Crippen LogP contribution is -2.39. The molecule has 0 heterocycles. The second kappa shape index (κ2) is 3.95. The van der Waals surface area contributed by atoms with Gasteiger partial charge in [0.25, 0.3) is 0 Å². The van der Waals surface area contributed by atoms with Gasteiger partial charge in [0.15, 0.2) is 23.8 Å². The fraction of sp³-hybridized carbons (Fsp3) is 0.714. The van der Waals surface area contributed by atoms with Crippen molar-refractivity contribution >= 4 is 31.6 Å². The van der Waals surface area contributed by atoms with Crippen molar-refractivity contribution in [3.63, 3.8) is 0 Å². The maximum Gasteiger partial charge on any atom is 0.318 e. The molecule has 8 nitrogen and oxygen atoms in total. The van der Waals surface area contributed by atoms with Crippen LogP contribution in [-0.2, 0) is 29.3 Å². The van der Waals surface area contributed by atoms with Crippen LogP contribution in [0.2, 0.25) is 0 Å². The Morgan fingerprint density at radius 3 is 1.35 bits per heavy atom. The largest absolute Gasteiger partial charge is 0.480 e. The van der Waals surface area contributed by atoms with Gasteiger partial charge in [-0.15, -0.1) is 0 Å². The first-order valence-corrected chi connectivity index (χ1v) is 7.73. The van der Waals surface area contributed by atoms with Crippen LogP contribution in [0.15, 0.2) is 0 Å². The standard InChI is InChI=1S/C7H10O8S2/c8-5(9)3-16(12,13)7(1-2-7)17(14,15)4-6(10)11/h1-4H2,(H,8,9)(H,10,11). The highest BCUT2D eigenvalue weighted by Crippen LogP contribution is 2.49. The molecule has 0 aromatic rings. The summed E-state index contributed by atoms with van der Waals surface area (Å²) in [6, 6.07) is 0. The molecule has 1 aliphatic carbocycles. The molecule has 0 atom stereocenters. The molecule has 1 aliphatic rings. The van der Waals surface area contributed by atoms with E-state index in [-0.39, 0.29) is 12.8 Å². The molecule has 10 heteroatoms. The third kappa shape index (κ3) is 2.41. The van der Waals surface area contributed by atoms with Crippen molar-refractivity contribution in [1.82, 2.24) is 0 Å². The van der Waals surface area contributed by atoms with Gasteiger partial charge in [-0.25, -0.2) is 16.8 Å². The van der Waals surface area contributed by atoms with Crippen LogP contribution in [0.4, 0.5) is 0 Å². The number of carbonyl (C=O) groups is 2. The van der Waals surface area contributed by atoms with E-state index < -0.39 is 47.2 Å². The lowest BCUT2D eigenvalue weighted by atomic mass is 10.8. The summed E-state index contributed by atoms with van der Waals surface area (Å²) in [5.74, 6) is -5.96. The predicted octanol–water partition coefficient (Wildman–Crippen LogP) is -1.52. The number of sulfone groups is 2. The normalized spacial score (nSPS) is 18.6. The Hall–Kier alpha value is -1.16. The first-order chi connectivity index (χ1) is 7.54. The third-order valence-corrected chi connectivity index (χ3v) is 8.28. The Bertz CT molecular complexity index is 503. The zero-order valence-electron chi connectivity index (χ0n) is 8.49. The van der Waals surface area contributed by atoms with E-state index in [1.54, 1.807) is 0 Å². The molecule has 0 bridgehead atoms. The monoisotopic (exact) mass is 286 g/mol. The zero-order valence-corrected chi connectivity index (χ0v) is 10.1. The minimum absolute atomic E-state index is 0.252. The molecule has 0 amide bonds. The van der Waals surface area contributed by atoms with Gasteiger partial charge < -0.3 is 10.2 Å². The van der Waals surface area contributed by atoms with Crippen LogP contribution in [0.5, 0.6) is 0 Å². The number of hydrogen-bond acceptors (Lipinski definition) is 6. The van der Waals surface area contributed by atoms with E-state index in [0.29, 0.717) is 0 Å². The van der Waals surface area contributed by atoms with Crippen molar-refractivity contribution in [2.24, 2.45) is 0 Å². The summed E-state index contributed by atoms with van der Waals surface area (Å²) in [5, 5.41) is 16.8. The van der Waals surface area contributed by atoms with Crippen LogP contribution in [0.25, 0.3) is 0 Å². The summed E-state index contributed by atoms with van der Waals surface area (Å²) in [5.41, 5.74) is 0. The summed E-state index contributed by atoms with van der Waals surface area (Å²) >= 11 is 0. The van der Waals surface area contributed by atoms with Crippen LogP contribution in [0, 0.1) is 0 Å². The van der Waals surface area contributed by atoms with Crippen molar-refractivity contribution in [2.75, 3.05) is 11.5 Å². The molecule has 1 fully saturated rings. The van der Waals surface area contributed by atoms with E-state index in [9.17, 15) is 26.4 Å². The smallest absolute Gasteiger partial charge is 0.318 e. The van der Waals surface area contributed by atoms with Crippen LogP contribution >= 0.6 is 0 Å². The highest BCUT2D eigenvalue weighted by molar-refractivity contribution is 8.11. The van der Waals surface area contributed by atoms with E-state index in [1.807, 2.05) is 0 Å². The highest BCUT2D eigenvalue weighted by atomic mass is 32.3. The average molecular weight is 286 g/mol. The molecular formula is C7H10O8S2. The Morgan fingerprint density at radius 1 is 0.882 bits per heavy atom. The molecule has 0 unspecified atom stereocenters. The second-order valence-electron chi connectivity index (χ2n) is 3.72. The Labute approximate surface area is 97.1 Å². The number of carboxylic acids is 2.